The number of β-amino-alcohol motifs (C(OH)–C–C–N with tert-alkyl or cyclic N) is 1. The molecule has 2 N–H and O–H groups in total. The van der Waals surface area contributed by atoms with E-state index in [1.54, 1.807) is 0 Å². The van der Waals surface area contributed by atoms with Gasteiger partial charge in [-0.25, -0.2) is 0 Å². The second kappa shape index (κ2) is 4.60. The van der Waals surface area contributed by atoms with Gasteiger partial charge in [-0.15, -0.1) is 0 Å². The summed E-state index contributed by atoms with van der Waals surface area (Å²) in [7, 11) is 0. The number of rotatable bonds is 3. The van der Waals surface area contributed by atoms with Crippen LogP contribution in [0.4, 0.5) is 0 Å². The number of nitrogens with zero attached hydrogens (tertiary/aromatic N) is 1. The molecular formula is C11H22N2O. The molecule has 2 heterocycles. The van der Waals surface area contributed by atoms with E-state index in [0.717, 1.165) is 25.4 Å². The molecule has 82 valence electrons. The van der Waals surface area contributed by atoms with Crippen molar-refractivity contribution in [3.8, 4) is 0 Å². The first-order valence-electron chi connectivity index (χ1n) is 5.94. The first-order chi connectivity index (χ1) is 6.81. The Bertz CT molecular complexity index is 186. The smallest absolute Gasteiger partial charge is 0.0664 e. The Morgan fingerprint density at radius 2 is 2.36 bits per heavy atom. The second-order valence-electron chi connectivity index (χ2n) is 4.68. The predicted molar refractivity (Wildman–Crippen MR) is 57.3 cm³/mol. The second-order valence-corrected chi connectivity index (χ2v) is 4.68. The van der Waals surface area contributed by atoms with Crippen LogP contribution in [0.3, 0.4) is 0 Å². The molecule has 0 amide bonds. The largest absolute Gasteiger partial charge is 0.392 e. The lowest BCUT2D eigenvalue weighted by Crippen LogP contribution is -2.48. The molecule has 3 unspecified atom stereocenters. The lowest BCUT2D eigenvalue weighted by atomic mass is 9.92. The molecular weight excluding hydrogens is 176 g/mol. The van der Waals surface area contributed by atoms with E-state index < -0.39 is 0 Å². The zero-order valence-corrected chi connectivity index (χ0v) is 9.08. The molecule has 2 fully saturated rings. The highest BCUT2D eigenvalue weighted by atomic mass is 16.3. The Kier molecular flexibility index (Phi) is 3.42. The van der Waals surface area contributed by atoms with Crippen molar-refractivity contribution in [2.45, 2.75) is 38.3 Å². The molecule has 0 aromatic rings. The van der Waals surface area contributed by atoms with Crippen molar-refractivity contribution in [1.29, 1.82) is 0 Å². The van der Waals surface area contributed by atoms with Crippen LogP contribution in [0.1, 0.15) is 26.2 Å². The number of aliphatic hydroxyl groups excluding tert-OH is 1. The van der Waals surface area contributed by atoms with Gasteiger partial charge in [0.25, 0.3) is 0 Å². The van der Waals surface area contributed by atoms with Crippen LogP contribution in [0, 0.1) is 5.92 Å². The number of hydrogen-bond donors (Lipinski definition) is 2. The number of piperidine rings is 1. The summed E-state index contributed by atoms with van der Waals surface area (Å²) in [6.45, 7) is 6.42. The van der Waals surface area contributed by atoms with Crippen molar-refractivity contribution in [3.63, 3.8) is 0 Å². The summed E-state index contributed by atoms with van der Waals surface area (Å²) in [6.07, 6.45) is 3.42. The van der Waals surface area contributed by atoms with Gasteiger partial charge in [-0.3, -0.25) is 4.90 Å². The van der Waals surface area contributed by atoms with Gasteiger partial charge < -0.3 is 10.4 Å². The predicted octanol–water partition coefficient (Wildman–Crippen LogP) is 0.441. The Balaban J connectivity index is 1.90. The van der Waals surface area contributed by atoms with Crippen molar-refractivity contribution >= 4 is 0 Å². The summed E-state index contributed by atoms with van der Waals surface area (Å²) < 4.78 is 0. The van der Waals surface area contributed by atoms with Gasteiger partial charge in [0.1, 0.15) is 0 Å². The number of fused-ring (bicyclic) bond motifs is 1. The van der Waals surface area contributed by atoms with E-state index in [9.17, 15) is 5.11 Å². The zero-order valence-electron chi connectivity index (χ0n) is 9.08. The first-order valence-corrected chi connectivity index (χ1v) is 5.94. The van der Waals surface area contributed by atoms with Crippen LogP contribution < -0.4 is 5.32 Å². The van der Waals surface area contributed by atoms with Crippen LogP contribution >= 0.6 is 0 Å². The molecule has 0 aromatic carbocycles. The fourth-order valence-corrected chi connectivity index (χ4v) is 2.79. The lowest BCUT2D eigenvalue weighted by molar-refractivity contribution is 0.0558. The van der Waals surface area contributed by atoms with E-state index in [1.165, 1.54) is 25.9 Å². The molecule has 3 atom stereocenters. The maximum absolute atomic E-state index is 9.67. The summed E-state index contributed by atoms with van der Waals surface area (Å²) in [5.74, 6) is 0.841. The number of likely N-dealkylation sites (tertiary alicyclic amines) is 1. The Labute approximate surface area is 86.5 Å². The quantitative estimate of drug-likeness (QED) is 0.691. The van der Waals surface area contributed by atoms with E-state index in [4.69, 9.17) is 0 Å². The third-order valence-corrected chi connectivity index (χ3v) is 3.71. The molecule has 3 heteroatoms. The molecule has 0 saturated carbocycles. The van der Waals surface area contributed by atoms with Crippen LogP contribution in [0.25, 0.3) is 0 Å². The third-order valence-electron chi connectivity index (χ3n) is 3.71. The minimum Gasteiger partial charge on any atom is -0.392 e. The van der Waals surface area contributed by atoms with Gasteiger partial charge in [0.15, 0.2) is 0 Å². The van der Waals surface area contributed by atoms with Gasteiger partial charge >= 0.3 is 0 Å². The van der Waals surface area contributed by atoms with Gasteiger partial charge in [-0.1, -0.05) is 6.92 Å². The molecule has 2 aliphatic heterocycles. The number of nitrogens with one attached hydrogen (secondary N) is 1. The van der Waals surface area contributed by atoms with Crippen LogP contribution in [0.2, 0.25) is 0 Å². The Hall–Kier alpha value is -0.120. The van der Waals surface area contributed by atoms with Crippen LogP contribution in [-0.2, 0) is 0 Å². The summed E-state index contributed by atoms with van der Waals surface area (Å²) >= 11 is 0. The molecule has 0 aromatic heterocycles. The maximum atomic E-state index is 9.67. The molecule has 2 aliphatic rings. The number of hydrogen-bond acceptors (Lipinski definition) is 3. The monoisotopic (exact) mass is 198 g/mol. The molecule has 0 bridgehead atoms. The Morgan fingerprint density at radius 3 is 3.14 bits per heavy atom. The van der Waals surface area contributed by atoms with Crippen LogP contribution in [0.5, 0.6) is 0 Å². The summed E-state index contributed by atoms with van der Waals surface area (Å²) in [5.41, 5.74) is 0. The molecule has 0 radical (unpaired) electrons. The highest BCUT2D eigenvalue weighted by Gasteiger charge is 2.35. The van der Waals surface area contributed by atoms with Crippen molar-refractivity contribution in [1.82, 2.24) is 10.2 Å². The van der Waals surface area contributed by atoms with E-state index in [1.807, 2.05) is 0 Å². The van der Waals surface area contributed by atoms with Gasteiger partial charge in [0.2, 0.25) is 0 Å². The maximum Gasteiger partial charge on any atom is 0.0664 e. The SMILES string of the molecule is CCC(O)CN1CCCC2CNCC21. The minimum absolute atomic E-state index is 0.130. The van der Waals surface area contributed by atoms with Crippen molar-refractivity contribution in [2.24, 2.45) is 5.92 Å². The third kappa shape index (κ3) is 2.10. The lowest BCUT2D eigenvalue weighted by Gasteiger charge is -2.37. The van der Waals surface area contributed by atoms with Gasteiger partial charge in [0, 0.05) is 19.1 Å². The molecule has 2 saturated heterocycles. The van der Waals surface area contributed by atoms with Gasteiger partial charge in [-0.2, -0.15) is 0 Å². The van der Waals surface area contributed by atoms with E-state index in [-0.39, 0.29) is 6.10 Å². The summed E-state index contributed by atoms with van der Waals surface area (Å²) in [6, 6.07) is 0.699. The summed E-state index contributed by atoms with van der Waals surface area (Å²) in [5, 5.41) is 13.1. The van der Waals surface area contributed by atoms with Crippen LogP contribution in [0.15, 0.2) is 0 Å². The zero-order chi connectivity index (χ0) is 9.97. The Morgan fingerprint density at radius 1 is 1.50 bits per heavy atom. The molecule has 0 spiro atoms. The van der Waals surface area contributed by atoms with Gasteiger partial charge in [0.05, 0.1) is 6.10 Å². The highest BCUT2D eigenvalue weighted by molar-refractivity contribution is 4.92. The van der Waals surface area contributed by atoms with E-state index in [2.05, 4.69) is 17.1 Å². The van der Waals surface area contributed by atoms with Crippen LogP contribution in [-0.4, -0.2) is 48.3 Å². The van der Waals surface area contributed by atoms with E-state index in [0.29, 0.717) is 6.04 Å². The standard InChI is InChI=1S/C11H22N2O/c1-2-10(14)8-13-5-3-4-9-6-12-7-11(9)13/h9-12,14H,2-8H2,1H3. The first kappa shape index (κ1) is 10.4. The molecule has 2 rings (SSSR count). The average Bonchev–Trinajstić information content (AvgIpc) is 2.66. The van der Waals surface area contributed by atoms with Crippen molar-refractivity contribution in [2.75, 3.05) is 26.2 Å². The molecule has 3 nitrogen and oxygen atoms in total. The normalized spacial score (nSPS) is 35.6. The highest BCUT2D eigenvalue weighted by Crippen LogP contribution is 2.26. The average molecular weight is 198 g/mol. The summed E-state index contributed by atoms with van der Waals surface area (Å²) in [4.78, 5) is 2.49. The fourth-order valence-electron chi connectivity index (χ4n) is 2.79. The van der Waals surface area contributed by atoms with Crippen molar-refractivity contribution < 1.29 is 5.11 Å². The fraction of sp³-hybridized carbons (Fsp3) is 1.00. The minimum atomic E-state index is -0.130. The van der Waals surface area contributed by atoms with Gasteiger partial charge in [-0.05, 0) is 38.3 Å². The molecule has 0 aliphatic carbocycles. The number of aliphatic hydroxyl groups is 1. The topological polar surface area (TPSA) is 35.5 Å². The van der Waals surface area contributed by atoms with Crippen molar-refractivity contribution in [3.05, 3.63) is 0 Å². The molecule has 14 heavy (non-hydrogen) atoms. The van der Waals surface area contributed by atoms with E-state index >= 15 is 0 Å².